The molecular weight excluding hydrogens is 358 g/mol. The molecular formula is C20H41N5O3. The van der Waals surface area contributed by atoms with E-state index in [4.69, 9.17) is 9.47 Å². The molecule has 8 nitrogen and oxygen atoms in total. The van der Waals surface area contributed by atoms with Gasteiger partial charge in [-0.05, 0) is 54.9 Å². The number of hydrogen-bond donors (Lipinski definition) is 3. The number of guanidine groups is 1. The van der Waals surface area contributed by atoms with Crippen molar-refractivity contribution in [3.8, 4) is 0 Å². The van der Waals surface area contributed by atoms with Crippen LogP contribution in [-0.2, 0) is 9.47 Å². The van der Waals surface area contributed by atoms with E-state index in [0.717, 1.165) is 32.0 Å². The molecule has 1 saturated heterocycles. The number of alkyl carbamates (subject to hydrolysis) is 1. The van der Waals surface area contributed by atoms with E-state index < -0.39 is 5.60 Å². The second kappa shape index (κ2) is 10.9. The Morgan fingerprint density at radius 3 is 2.18 bits per heavy atom. The molecule has 1 amide bonds. The molecule has 1 aliphatic rings. The number of rotatable bonds is 7. The maximum Gasteiger partial charge on any atom is 0.407 e. The van der Waals surface area contributed by atoms with Crippen molar-refractivity contribution in [3.05, 3.63) is 0 Å². The monoisotopic (exact) mass is 399 g/mol. The van der Waals surface area contributed by atoms with Gasteiger partial charge in [0.05, 0.1) is 12.2 Å². The van der Waals surface area contributed by atoms with Crippen LogP contribution in [0.15, 0.2) is 4.99 Å². The third-order valence-corrected chi connectivity index (χ3v) is 4.50. The average Bonchev–Trinajstić information content (AvgIpc) is 2.54. The zero-order valence-electron chi connectivity index (χ0n) is 19.0. The van der Waals surface area contributed by atoms with Crippen LogP contribution in [0.1, 0.15) is 54.9 Å². The van der Waals surface area contributed by atoms with Crippen LogP contribution in [0, 0.1) is 0 Å². The highest BCUT2D eigenvalue weighted by Gasteiger charge is 2.33. The highest BCUT2D eigenvalue weighted by atomic mass is 16.6. The fourth-order valence-corrected chi connectivity index (χ4v) is 3.10. The Kier molecular flexibility index (Phi) is 9.50. The van der Waals surface area contributed by atoms with E-state index in [-0.39, 0.29) is 23.8 Å². The maximum absolute atomic E-state index is 11.6. The lowest BCUT2D eigenvalue weighted by atomic mass is 10.00. The predicted molar refractivity (Wildman–Crippen MR) is 114 cm³/mol. The Hall–Kier alpha value is -1.54. The van der Waals surface area contributed by atoms with Crippen molar-refractivity contribution in [2.75, 3.05) is 39.8 Å². The zero-order chi connectivity index (χ0) is 21.4. The van der Waals surface area contributed by atoms with Gasteiger partial charge in [0.25, 0.3) is 0 Å². The smallest absolute Gasteiger partial charge is 0.407 e. The van der Waals surface area contributed by atoms with Crippen molar-refractivity contribution in [2.45, 2.75) is 78.2 Å². The lowest BCUT2D eigenvalue weighted by molar-refractivity contribution is -0.0946. The number of hydrogen-bond acceptors (Lipinski definition) is 5. The lowest BCUT2D eigenvalue weighted by Gasteiger charge is -2.45. The summed E-state index contributed by atoms with van der Waals surface area (Å²) in [6.45, 7) is 18.2. The van der Waals surface area contributed by atoms with Gasteiger partial charge in [-0.25, -0.2) is 4.79 Å². The second-order valence-corrected chi connectivity index (χ2v) is 9.11. The molecule has 1 fully saturated rings. The summed E-state index contributed by atoms with van der Waals surface area (Å²) in [6, 6.07) is 0. The standard InChI is InChI=1S/C20H41N5O3/c1-15-12-25(13-16(2)27-15)20(6,7)14-24-17(21-8)22-10-9-11-23-18(26)28-19(3,4)5/h15-16H,9-14H2,1-8H3,(H,23,26)(H2,21,22,24). The van der Waals surface area contributed by atoms with Gasteiger partial charge in [-0.3, -0.25) is 9.89 Å². The van der Waals surface area contributed by atoms with Crippen molar-refractivity contribution in [1.29, 1.82) is 0 Å². The van der Waals surface area contributed by atoms with Crippen LogP contribution in [0.2, 0.25) is 0 Å². The van der Waals surface area contributed by atoms with Gasteiger partial charge in [0.1, 0.15) is 5.60 Å². The highest BCUT2D eigenvalue weighted by molar-refractivity contribution is 5.79. The van der Waals surface area contributed by atoms with E-state index in [9.17, 15) is 4.79 Å². The molecule has 0 aromatic heterocycles. The summed E-state index contributed by atoms with van der Waals surface area (Å²) < 4.78 is 11.1. The minimum Gasteiger partial charge on any atom is -0.444 e. The number of nitrogens with zero attached hydrogens (tertiary/aromatic N) is 2. The quantitative estimate of drug-likeness (QED) is 0.345. The molecule has 0 aliphatic carbocycles. The fourth-order valence-electron chi connectivity index (χ4n) is 3.10. The first-order valence-electron chi connectivity index (χ1n) is 10.2. The maximum atomic E-state index is 11.6. The number of aliphatic imine (C=N–C) groups is 1. The van der Waals surface area contributed by atoms with Crippen molar-refractivity contribution < 1.29 is 14.3 Å². The van der Waals surface area contributed by atoms with Gasteiger partial charge in [0.15, 0.2) is 5.96 Å². The summed E-state index contributed by atoms with van der Waals surface area (Å²) >= 11 is 0. The van der Waals surface area contributed by atoms with Gasteiger partial charge in [0.2, 0.25) is 0 Å². The van der Waals surface area contributed by atoms with E-state index >= 15 is 0 Å². The molecule has 0 saturated carbocycles. The number of carbonyl (C=O) groups excluding carboxylic acids is 1. The van der Waals surface area contributed by atoms with Crippen LogP contribution in [-0.4, -0.2) is 80.1 Å². The zero-order valence-corrected chi connectivity index (χ0v) is 19.0. The predicted octanol–water partition coefficient (Wildman–Crippen LogP) is 1.95. The summed E-state index contributed by atoms with van der Waals surface area (Å²) in [4.78, 5) is 18.4. The molecule has 0 radical (unpaired) electrons. The Balaban J connectivity index is 2.30. The van der Waals surface area contributed by atoms with Crippen LogP contribution in [0.25, 0.3) is 0 Å². The summed E-state index contributed by atoms with van der Waals surface area (Å²) in [7, 11) is 1.76. The summed E-state index contributed by atoms with van der Waals surface area (Å²) in [6.07, 6.45) is 0.892. The number of carbonyl (C=O) groups is 1. The molecule has 1 heterocycles. The Labute approximate surface area is 170 Å². The molecule has 0 bridgehead atoms. The fraction of sp³-hybridized carbons (Fsp3) is 0.900. The van der Waals surface area contributed by atoms with Crippen molar-refractivity contribution >= 4 is 12.1 Å². The SMILES string of the molecule is CN=C(NCCCNC(=O)OC(C)(C)C)NCC(C)(C)N1CC(C)OC(C)C1. The average molecular weight is 400 g/mol. The minimum absolute atomic E-state index is 0.0117. The van der Waals surface area contributed by atoms with Crippen LogP contribution in [0.4, 0.5) is 4.79 Å². The molecule has 1 rings (SSSR count). The first-order chi connectivity index (χ1) is 12.9. The molecule has 28 heavy (non-hydrogen) atoms. The van der Waals surface area contributed by atoms with E-state index in [2.05, 4.69) is 53.5 Å². The summed E-state index contributed by atoms with van der Waals surface area (Å²) in [5.74, 6) is 0.764. The Bertz CT molecular complexity index is 506. The van der Waals surface area contributed by atoms with E-state index in [1.54, 1.807) is 7.05 Å². The molecule has 8 heteroatoms. The van der Waals surface area contributed by atoms with Gasteiger partial charge in [-0.1, -0.05) is 0 Å². The normalized spacial score (nSPS) is 21.9. The number of nitrogens with one attached hydrogen (secondary N) is 3. The van der Waals surface area contributed by atoms with E-state index in [0.29, 0.717) is 13.1 Å². The van der Waals surface area contributed by atoms with Crippen LogP contribution >= 0.6 is 0 Å². The number of amides is 1. The van der Waals surface area contributed by atoms with Gasteiger partial charge >= 0.3 is 6.09 Å². The van der Waals surface area contributed by atoms with Gasteiger partial charge in [0, 0.05) is 45.3 Å². The number of ether oxygens (including phenoxy) is 2. The van der Waals surface area contributed by atoms with Crippen molar-refractivity contribution in [1.82, 2.24) is 20.9 Å². The van der Waals surface area contributed by atoms with E-state index in [1.807, 2.05) is 20.8 Å². The van der Waals surface area contributed by atoms with Crippen LogP contribution in [0.5, 0.6) is 0 Å². The lowest BCUT2D eigenvalue weighted by Crippen LogP contribution is -2.59. The Morgan fingerprint density at radius 2 is 1.64 bits per heavy atom. The topological polar surface area (TPSA) is 87.2 Å². The van der Waals surface area contributed by atoms with Gasteiger partial charge in [-0.2, -0.15) is 0 Å². The molecule has 0 spiro atoms. The van der Waals surface area contributed by atoms with Gasteiger partial charge in [-0.15, -0.1) is 0 Å². The molecule has 0 aromatic rings. The third kappa shape index (κ3) is 9.59. The first-order valence-corrected chi connectivity index (χ1v) is 10.2. The summed E-state index contributed by atoms with van der Waals surface area (Å²) in [5, 5.41) is 9.46. The van der Waals surface area contributed by atoms with Crippen molar-refractivity contribution in [3.63, 3.8) is 0 Å². The van der Waals surface area contributed by atoms with Crippen molar-refractivity contribution in [2.24, 2.45) is 4.99 Å². The highest BCUT2D eigenvalue weighted by Crippen LogP contribution is 2.20. The van der Waals surface area contributed by atoms with E-state index in [1.165, 1.54) is 0 Å². The molecule has 2 atom stereocenters. The van der Waals surface area contributed by atoms with Crippen LogP contribution in [0.3, 0.4) is 0 Å². The van der Waals surface area contributed by atoms with Crippen LogP contribution < -0.4 is 16.0 Å². The second-order valence-electron chi connectivity index (χ2n) is 9.11. The molecule has 164 valence electrons. The largest absolute Gasteiger partial charge is 0.444 e. The Morgan fingerprint density at radius 1 is 1.07 bits per heavy atom. The molecule has 1 aliphatic heterocycles. The molecule has 0 aromatic carbocycles. The molecule has 3 N–H and O–H groups in total. The molecule has 2 unspecified atom stereocenters. The minimum atomic E-state index is -0.475. The van der Waals surface area contributed by atoms with Gasteiger partial charge < -0.3 is 25.4 Å². The summed E-state index contributed by atoms with van der Waals surface area (Å²) in [5.41, 5.74) is -0.487. The number of morpholine rings is 1. The third-order valence-electron chi connectivity index (χ3n) is 4.50. The first kappa shape index (κ1) is 24.5.